The molecule has 2 aromatic heterocycles. The van der Waals surface area contributed by atoms with E-state index in [4.69, 9.17) is 24.7 Å². The van der Waals surface area contributed by atoms with E-state index < -0.39 is 30.6 Å². The van der Waals surface area contributed by atoms with Gasteiger partial charge in [-0.1, -0.05) is 0 Å². The largest absolute Gasteiger partial charge is 0.493 e. The van der Waals surface area contributed by atoms with Crippen LogP contribution in [0.25, 0.3) is 11.2 Å². The summed E-state index contributed by atoms with van der Waals surface area (Å²) in [5, 5.41) is 31.4. The van der Waals surface area contributed by atoms with Crippen LogP contribution in [0.4, 0.5) is 5.82 Å². The summed E-state index contributed by atoms with van der Waals surface area (Å²) in [6.07, 6.45) is -1.13. The number of hydrogen-bond acceptors (Lipinski definition) is 11. The highest BCUT2D eigenvalue weighted by Crippen LogP contribution is 2.44. The fourth-order valence-electron chi connectivity index (χ4n) is 4.11. The molecule has 172 valence electrons. The standard InChI is InChI=1S/C20H25N5O7/c1-29-11-4-10(5-12(30-2)16(11)31-3)6-20(17(28)15(27)13(7-26)32-20)25-9-24-14-18(21)22-8-23-19(14)25/h4-5,8-9,13,15,17,26-28H,6-7H2,1-3H3,(H2,21,22,23)/t13-,15-,17-,20-/m1/s1. The lowest BCUT2D eigenvalue weighted by Gasteiger charge is -2.34. The van der Waals surface area contributed by atoms with Crippen LogP contribution in [0, 0.1) is 0 Å². The van der Waals surface area contributed by atoms with E-state index in [-0.39, 0.29) is 12.2 Å². The first kappa shape index (κ1) is 22.0. The van der Waals surface area contributed by atoms with Crippen molar-refractivity contribution < 1.29 is 34.3 Å². The molecule has 12 nitrogen and oxygen atoms in total. The molecule has 1 aliphatic heterocycles. The molecule has 0 spiro atoms. The lowest BCUT2D eigenvalue weighted by Crippen LogP contribution is -2.47. The minimum Gasteiger partial charge on any atom is -0.493 e. The lowest BCUT2D eigenvalue weighted by molar-refractivity contribution is -0.145. The average Bonchev–Trinajstić information content (AvgIpc) is 3.35. The number of aliphatic hydroxyl groups excluding tert-OH is 3. The molecule has 0 saturated carbocycles. The van der Waals surface area contributed by atoms with E-state index >= 15 is 0 Å². The summed E-state index contributed by atoms with van der Waals surface area (Å²) < 4.78 is 23.8. The quantitative estimate of drug-likeness (QED) is 0.366. The van der Waals surface area contributed by atoms with Gasteiger partial charge in [-0.2, -0.15) is 0 Å². The highest BCUT2D eigenvalue weighted by molar-refractivity contribution is 5.81. The summed E-state index contributed by atoms with van der Waals surface area (Å²) in [5.74, 6) is 1.38. The Kier molecular flexibility index (Phi) is 5.77. The van der Waals surface area contributed by atoms with E-state index in [0.717, 1.165) is 0 Å². The number of nitrogens with two attached hydrogens (primary N) is 1. The van der Waals surface area contributed by atoms with E-state index in [2.05, 4.69) is 15.0 Å². The number of imidazole rings is 1. The Labute approximate surface area is 183 Å². The molecular weight excluding hydrogens is 422 g/mol. The Balaban J connectivity index is 1.90. The van der Waals surface area contributed by atoms with Crippen molar-refractivity contribution in [2.75, 3.05) is 33.7 Å². The minimum atomic E-state index is -1.58. The summed E-state index contributed by atoms with van der Waals surface area (Å²) in [7, 11) is 4.48. The van der Waals surface area contributed by atoms with Crippen LogP contribution < -0.4 is 19.9 Å². The second kappa shape index (κ2) is 8.39. The van der Waals surface area contributed by atoms with Crippen LogP contribution in [0.1, 0.15) is 5.56 Å². The van der Waals surface area contributed by atoms with E-state index in [1.165, 1.54) is 38.6 Å². The van der Waals surface area contributed by atoms with Gasteiger partial charge >= 0.3 is 0 Å². The molecule has 3 heterocycles. The molecule has 1 fully saturated rings. The summed E-state index contributed by atoms with van der Waals surface area (Å²) in [5.41, 5.74) is 5.59. The summed E-state index contributed by atoms with van der Waals surface area (Å²) in [4.78, 5) is 12.4. The molecule has 0 radical (unpaired) electrons. The SMILES string of the molecule is COc1cc(C[C@@]2(n3cnc4c(N)ncnc43)O[C@H](CO)[C@@H](O)[C@H]2O)cc(OC)c1OC. The molecule has 1 aliphatic rings. The number of nitrogens with zero attached hydrogens (tertiary/aromatic N) is 4. The summed E-state index contributed by atoms with van der Waals surface area (Å²) in [6, 6.07) is 3.42. The van der Waals surface area contributed by atoms with E-state index in [0.29, 0.717) is 34.0 Å². The second-order valence-corrected chi connectivity index (χ2v) is 7.38. The Hall–Kier alpha value is -3.19. The Morgan fingerprint density at radius 2 is 1.78 bits per heavy atom. The third-order valence-electron chi connectivity index (χ3n) is 5.65. The van der Waals surface area contributed by atoms with Gasteiger partial charge < -0.3 is 40.0 Å². The number of rotatable bonds is 7. The molecule has 0 bridgehead atoms. The number of ether oxygens (including phenoxy) is 4. The lowest BCUT2D eigenvalue weighted by atomic mass is 9.94. The highest BCUT2D eigenvalue weighted by Gasteiger charge is 2.56. The molecule has 5 N–H and O–H groups in total. The molecule has 1 aromatic carbocycles. The maximum absolute atomic E-state index is 11.1. The topological polar surface area (TPSA) is 167 Å². The number of aliphatic hydroxyl groups is 3. The maximum Gasteiger partial charge on any atom is 0.203 e. The Bertz CT molecular complexity index is 1100. The van der Waals surface area contributed by atoms with E-state index in [1.54, 1.807) is 12.1 Å². The molecule has 3 aromatic rings. The number of fused-ring (bicyclic) bond motifs is 1. The number of anilines is 1. The van der Waals surface area contributed by atoms with Crippen molar-refractivity contribution in [2.45, 2.75) is 30.5 Å². The zero-order valence-electron chi connectivity index (χ0n) is 17.8. The monoisotopic (exact) mass is 447 g/mol. The zero-order valence-corrected chi connectivity index (χ0v) is 17.8. The van der Waals surface area contributed by atoms with Gasteiger partial charge in [0.2, 0.25) is 5.75 Å². The van der Waals surface area contributed by atoms with Crippen LogP contribution in [-0.4, -0.2) is 81.1 Å². The Morgan fingerprint density at radius 1 is 1.09 bits per heavy atom. The van der Waals surface area contributed by atoms with Crippen molar-refractivity contribution in [1.29, 1.82) is 0 Å². The van der Waals surface area contributed by atoms with Gasteiger partial charge in [-0.25, -0.2) is 15.0 Å². The van der Waals surface area contributed by atoms with Crippen LogP contribution >= 0.6 is 0 Å². The third-order valence-corrected chi connectivity index (χ3v) is 5.65. The summed E-state index contributed by atoms with van der Waals surface area (Å²) in [6.45, 7) is -0.501. The molecule has 4 rings (SSSR count). The first-order valence-electron chi connectivity index (χ1n) is 9.77. The van der Waals surface area contributed by atoms with Gasteiger partial charge in [0.1, 0.15) is 30.2 Å². The van der Waals surface area contributed by atoms with Crippen LogP contribution in [0.15, 0.2) is 24.8 Å². The number of hydrogen-bond donors (Lipinski definition) is 4. The van der Waals surface area contributed by atoms with Gasteiger partial charge in [0.05, 0.1) is 34.3 Å². The van der Waals surface area contributed by atoms with Gasteiger partial charge in [0, 0.05) is 6.42 Å². The summed E-state index contributed by atoms with van der Waals surface area (Å²) >= 11 is 0. The fourth-order valence-corrected chi connectivity index (χ4v) is 4.11. The van der Waals surface area contributed by atoms with Crippen molar-refractivity contribution in [3.8, 4) is 17.2 Å². The van der Waals surface area contributed by atoms with Crippen molar-refractivity contribution >= 4 is 17.0 Å². The molecular formula is C20H25N5O7. The third kappa shape index (κ3) is 3.28. The normalized spacial score (nSPS) is 25.2. The molecule has 0 aliphatic carbocycles. The van der Waals surface area contributed by atoms with Crippen molar-refractivity contribution in [2.24, 2.45) is 0 Å². The number of benzene rings is 1. The second-order valence-electron chi connectivity index (χ2n) is 7.38. The van der Waals surface area contributed by atoms with Crippen LogP contribution in [0.5, 0.6) is 17.2 Å². The van der Waals surface area contributed by atoms with Gasteiger partial charge in [-0.05, 0) is 17.7 Å². The van der Waals surface area contributed by atoms with Crippen molar-refractivity contribution in [3.63, 3.8) is 0 Å². The van der Waals surface area contributed by atoms with Crippen molar-refractivity contribution in [1.82, 2.24) is 19.5 Å². The van der Waals surface area contributed by atoms with Crippen LogP contribution in [0.3, 0.4) is 0 Å². The predicted molar refractivity (Wildman–Crippen MR) is 111 cm³/mol. The number of nitrogen functional groups attached to an aromatic ring is 1. The maximum atomic E-state index is 11.1. The molecule has 0 unspecified atom stereocenters. The van der Waals surface area contributed by atoms with Gasteiger partial charge in [0.15, 0.2) is 28.7 Å². The van der Waals surface area contributed by atoms with Crippen molar-refractivity contribution in [3.05, 3.63) is 30.4 Å². The average molecular weight is 447 g/mol. The Morgan fingerprint density at radius 3 is 2.34 bits per heavy atom. The molecule has 32 heavy (non-hydrogen) atoms. The fraction of sp³-hybridized carbons (Fsp3) is 0.450. The van der Waals surface area contributed by atoms with Crippen LogP contribution in [0.2, 0.25) is 0 Å². The van der Waals surface area contributed by atoms with Gasteiger partial charge in [-0.15, -0.1) is 0 Å². The number of aromatic nitrogens is 4. The van der Waals surface area contributed by atoms with E-state index in [9.17, 15) is 15.3 Å². The smallest absolute Gasteiger partial charge is 0.203 e. The van der Waals surface area contributed by atoms with Gasteiger partial charge in [-0.3, -0.25) is 4.57 Å². The zero-order chi connectivity index (χ0) is 23.0. The van der Waals surface area contributed by atoms with E-state index in [1.807, 2.05) is 0 Å². The molecule has 4 atom stereocenters. The molecule has 12 heteroatoms. The molecule has 0 amide bonds. The minimum absolute atomic E-state index is 0.0355. The first-order valence-corrected chi connectivity index (χ1v) is 9.77. The van der Waals surface area contributed by atoms with Gasteiger partial charge in [0.25, 0.3) is 0 Å². The van der Waals surface area contributed by atoms with Crippen LogP contribution in [-0.2, 0) is 16.9 Å². The first-order chi connectivity index (χ1) is 15.4. The molecule has 1 saturated heterocycles. The number of methoxy groups -OCH3 is 3. The predicted octanol–water partition coefficient (Wildman–Crippen LogP) is -0.557. The highest BCUT2D eigenvalue weighted by atomic mass is 16.6.